The first-order chi connectivity index (χ1) is 7.17. The minimum absolute atomic E-state index is 0.457. The van der Waals surface area contributed by atoms with Gasteiger partial charge in [-0.1, -0.05) is 45.7 Å². The molecule has 0 saturated carbocycles. The van der Waals surface area contributed by atoms with Crippen LogP contribution >= 0.6 is 31.9 Å². The van der Waals surface area contributed by atoms with E-state index >= 15 is 0 Å². The third-order valence-corrected chi connectivity index (χ3v) is 3.25. The third kappa shape index (κ3) is 4.25. The van der Waals surface area contributed by atoms with E-state index in [1.165, 1.54) is 12.0 Å². The largest absolute Gasteiger partial charge is 0.310 e. The SMILES string of the molecule is CCCNC(CC)c1cc(Br)cc(Br)c1. The smallest absolute Gasteiger partial charge is 0.0318 e. The van der Waals surface area contributed by atoms with Gasteiger partial charge in [0.15, 0.2) is 0 Å². The first-order valence-corrected chi connectivity index (χ1v) is 6.95. The van der Waals surface area contributed by atoms with Gasteiger partial charge in [-0.05, 0) is 43.1 Å². The molecule has 1 unspecified atom stereocenters. The first-order valence-electron chi connectivity index (χ1n) is 5.36. The summed E-state index contributed by atoms with van der Waals surface area (Å²) < 4.78 is 2.26. The van der Waals surface area contributed by atoms with Crippen LogP contribution in [-0.4, -0.2) is 6.54 Å². The Hall–Kier alpha value is 0.140. The lowest BCUT2D eigenvalue weighted by Gasteiger charge is -2.17. The summed E-state index contributed by atoms with van der Waals surface area (Å²) in [4.78, 5) is 0. The number of nitrogens with one attached hydrogen (secondary N) is 1. The van der Waals surface area contributed by atoms with Gasteiger partial charge in [0.05, 0.1) is 0 Å². The topological polar surface area (TPSA) is 12.0 Å². The quantitative estimate of drug-likeness (QED) is 0.825. The van der Waals surface area contributed by atoms with Gasteiger partial charge in [0.1, 0.15) is 0 Å². The molecule has 0 aliphatic rings. The van der Waals surface area contributed by atoms with Crippen LogP contribution in [0.25, 0.3) is 0 Å². The van der Waals surface area contributed by atoms with Crippen LogP contribution in [0.1, 0.15) is 38.3 Å². The maximum Gasteiger partial charge on any atom is 0.0318 e. The summed E-state index contributed by atoms with van der Waals surface area (Å²) in [6, 6.07) is 6.89. The highest BCUT2D eigenvalue weighted by Crippen LogP contribution is 2.25. The van der Waals surface area contributed by atoms with Gasteiger partial charge >= 0.3 is 0 Å². The Morgan fingerprint density at radius 3 is 2.20 bits per heavy atom. The van der Waals surface area contributed by atoms with Crippen molar-refractivity contribution in [1.29, 1.82) is 0 Å². The highest BCUT2D eigenvalue weighted by Gasteiger charge is 2.09. The van der Waals surface area contributed by atoms with Gasteiger partial charge in [0.25, 0.3) is 0 Å². The molecule has 0 heterocycles. The van der Waals surface area contributed by atoms with Crippen molar-refractivity contribution in [3.05, 3.63) is 32.7 Å². The summed E-state index contributed by atoms with van der Waals surface area (Å²) >= 11 is 7.04. The zero-order chi connectivity index (χ0) is 11.3. The van der Waals surface area contributed by atoms with E-state index in [2.05, 4.69) is 69.2 Å². The lowest BCUT2D eigenvalue weighted by Crippen LogP contribution is -2.21. The van der Waals surface area contributed by atoms with Crippen molar-refractivity contribution < 1.29 is 0 Å². The van der Waals surface area contributed by atoms with Crippen LogP contribution < -0.4 is 5.32 Å². The second-order valence-corrected chi connectivity index (χ2v) is 5.45. The van der Waals surface area contributed by atoms with E-state index in [9.17, 15) is 0 Å². The molecule has 1 N–H and O–H groups in total. The molecule has 0 radical (unpaired) electrons. The molecule has 0 saturated heterocycles. The van der Waals surface area contributed by atoms with Crippen LogP contribution in [0.4, 0.5) is 0 Å². The molecular formula is C12H17Br2N. The molecule has 15 heavy (non-hydrogen) atoms. The number of hydrogen-bond donors (Lipinski definition) is 1. The normalized spacial score (nSPS) is 12.8. The minimum atomic E-state index is 0.457. The van der Waals surface area contributed by atoms with Crippen LogP contribution in [0.5, 0.6) is 0 Å². The van der Waals surface area contributed by atoms with Gasteiger partial charge in [0, 0.05) is 15.0 Å². The van der Waals surface area contributed by atoms with Crippen LogP contribution in [0, 0.1) is 0 Å². The van der Waals surface area contributed by atoms with Crippen LogP contribution in [-0.2, 0) is 0 Å². The van der Waals surface area contributed by atoms with Crippen molar-refractivity contribution in [1.82, 2.24) is 5.32 Å². The van der Waals surface area contributed by atoms with Crippen molar-refractivity contribution in [2.24, 2.45) is 0 Å². The van der Waals surface area contributed by atoms with Crippen molar-refractivity contribution in [2.45, 2.75) is 32.7 Å². The maximum absolute atomic E-state index is 3.55. The Kier molecular flexibility index (Phi) is 5.87. The Balaban J connectivity index is 2.81. The molecule has 0 fully saturated rings. The van der Waals surface area contributed by atoms with Crippen molar-refractivity contribution >= 4 is 31.9 Å². The molecule has 0 bridgehead atoms. The molecule has 0 aromatic heterocycles. The molecule has 0 amide bonds. The lowest BCUT2D eigenvalue weighted by atomic mass is 10.0. The lowest BCUT2D eigenvalue weighted by molar-refractivity contribution is 0.518. The molecule has 3 heteroatoms. The van der Waals surface area contributed by atoms with E-state index < -0.39 is 0 Å². The third-order valence-electron chi connectivity index (χ3n) is 2.34. The fourth-order valence-corrected chi connectivity index (χ4v) is 2.92. The fraction of sp³-hybridized carbons (Fsp3) is 0.500. The zero-order valence-electron chi connectivity index (χ0n) is 9.19. The molecule has 1 nitrogen and oxygen atoms in total. The summed E-state index contributed by atoms with van der Waals surface area (Å²) in [5.41, 5.74) is 1.34. The van der Waals surface area contributed by atoms with E-state index in [4.69, 9.17) is 0 Å². The summed E-state index contributed by atoms with van der Waals surface area (Å²) in [7, 11) is 0. The number of rotatable bonds is 5. The van der Waals surface area contributed by atoms with Gasteiger partial charge in [-0.25, -0.2) is 0 Å². The van der Waals surface area contributed by atoms with Gasteiger partial charge in [-0.15, -0.1) is 0 Å². The molecule has 1 aromatic rings. The zero-order valence-corrected chi connectivity index (χ0v) is 12.4. The summed E-state index contributed by atoms with van der Waals surface area (Å²) in [6.07, 6.45) is 2.29. The molecule has 0 aliphatic carbocycles. The van der Waals surface area contributed by atoms with Crippen LogP contribution in [0.3, 0.4) is 0 Å². The van der Waals surface area contributed by atoms with Gasteiger partial charge in [0.2, 0.25) is 0 Å². The average molecular weight is 335 g/mol. The van der Waals surface area contributed by atoms with Crippen LogP contribution in [0.15, 0.2) is 27.1 Å². The number of hydrogen-bond acceptors (Lipinski definition) is 1. The highest BCUT2D eigenvalue weighted by molar-refractivity contribution is 9.11. The molecule has 1 aromatic carbocycles. The minimum Gasteiger partial charge on any atom is -0.310 e. The molecule has 0 aliphatic heterocycles. The summed E-state index contributed by atoms with van der Waals surface area (Å²) in [5.74, 6) is 0. The standard InChI is InChI=1S/C12H17Br2N/c1-3-5-15-12(4-2)9-6-10(13)8-11(14)7-9/h6-8,12,15H,3-5H2,1-2H3. The number of halogens is 2. The van der Waals surface area contributed by atoms with E-state index in [1.54, 1.807) is 0 Å². The first kappa shape index (κ1) is 13.2. The van der Waals surface area contributed by atoms with E-state index in [0.29, 0.717) is 6.04 Å². The molecule has 1 rings (SSSR count). The monoisotopic (exact) mass is 333 g/mol. The highest BCUT2D eigenvalue weighted by atomic mass is 79.9. The fourth-order valence-electron chi connectivity index (χ4n) is 1.59. The van der Waals surface area contributed by atoms with Crippen molar-refractivity contribution in [3.63, 3.8) is 0 Å². The Morgan fingerprint density at radius 1 is 1.13 bits per heavy atom. The van der Waals surface area contributed by atoms with Crippen molar-refractivity contribution in [2.75, 3.05) is 6.54 Å². The predicted octanol–water partition coefficient (Wildman–Crippen LogP) is 4.66. The Labute approximate surface area is 109 Å². The molecule has 0 spiro atoms. The van der Waals surface area contributed by atoms with E-state index in [-0.39, 0.29) is 0 Å². The van der Waals surface area contributed by atoms with Crippen molar-refractivity contribution in [3.8, 4) is 0 Å². The second-order valence-electron chi connectivity index (χ2n) is 3.62. The van der Waals surface area contributed by atoms with Gasteiger partial charge < -0.3 is 5.32 Å². The average Bonchev–Trinajstić information content (AvgIpc) is 2.17. The molecule has 1 atom stereocenters. The van der Waals surface area contributed by atoms with Gasteiger partial charge in [-0.2, -0.15) is 0 Å². The molecular weight excluding hydrogens is 318 g/mol. The number of benzene rings is 1. The van der Waals surface area contributed by atoms with Crippen LogP contribution in [0.2, 0.25) is 0 Å². The Bertz CT molecular complexity index is 292. The predicted molar refractivity (Wildman–Crippen MR) is 73.2 cm³/mol. The maximum atomic E-state index is 3.55. The summed E-state index contributed by atoms with van der Waals surface area (Å²) in [6.45, 7) is 5.47. The van der Waals surface area contributed by atoms with E-state index in [1.807, 2.05) is 0 Å². The Morgan fingerprint density at radius 2 is 1.73 bits per heavy atom. The summed E-state index contributed by atoms with van der Waals surface area (Å²) in [5, 5.41) is 3.55. The van der Waals surface area contributed by atoms with Gasteiger partial charge in [-0.3, -0.25) is 0 Å². The van der Waals surface area contributed by atoms with E-state index in [0.717, 1.165) is 21.9 Å². The molecule has 84 valence electrons. The second kappa shape index (κ2) is 6.66.